The van der Waals surface area contributed by atoms with Crippen molar-refractivity contribution < 1.29 is 22.0 Å². The predicted octanol–water partition coefficient (Wildman–Crippen LogP) is 4.43. The SMILES string of the molecule is CN1C(C)(C)CC(Nc2nc(Nc3nc(C(F)(F)F)co3)ncc2F)CC1(C)C. The van der Waals surface area contributed by atoms with Crippen molar-refractivity contribution in [2.24, 2.45) is 0 Å². The number of hydrogen-bond acceptors (Lipinski definition) is 7. The molecule has 1 fully saturated rings. The molecule has 1 saturated heterocycles. The van der Waals surface area contributed by atoms with Crippen molar-refractivity contribution in [1.29, 1.82) is 0 Å². The smallest absolute Gasteiger partial charge is 0.431 e. The van der Waals surface area contributed by atoms with E-state index in [9.17, 15) is 17.6 Å². The summed E-state index contributed by atoms with van der Waals surface area (Å²) < 4.78 is 56.9. The van der Waals surface area contributed by atoms with Gasteiger partial charge >= 0.3 is 12.2 Å². The molecule has 3 rings (SSSR count). The molecule has 160 valence electrons. The number of likely N-dealkylation sites (tertiary alicyclic amines) is 1. The zero-order valence-corrected chi connectivity index (χ0v) is 16.9. The number of hydrogen-bond donors (Lipinski definition) is 2. The number of anilines is 3. The average molecular weight is 416 g/mol. The lowest BCUT2D eigenvalue weighted by molar-refractivity contribution is -0.141. The van der Waals surface area contributed by atoms with Crippen molar-refractivity contribution in [3.05, 3.63) is 24.0 Å². The van der Waals surface area contributed by atoms with Gasteiger partial charge in [-0.1, -0.05) is 0 Å². The molecule has 0 bridgehead atoms. The molecule has 0 spiro atoms. The Labute approximate surface area is 165 Å². The summed E-state index contributed by atoms with van der Waals surface area (Å²) in [6.45, 7) is 8.47. The number of halogens is 4. The van der Waals surface area contributed by atoms with Crippen LogP contribution < -0.4 is 10.6 Å². The van der Waals surface area contributed by atoms with E-state index in [1.165, 1.54) is 0 Å². The third-order valence-electron chi connectivity index (χ3n) is 5.41. The molecule has 2 N–H and O–H groups in total. The van der Waals surface area contributed by atoms with E-state index in [0.29, 0.717) is 6.26 Å². The molecule has 0 aromatic carbocycles. The van der Waals surface area contributed by atoms with E-state index < -0.39 is 23.7 Å². The Bertz CT molecular complexity index is 861. The third kappa shape index (κ3) is 4.60. The van der Waals surface area contributed by atoms with E-state index in [0.717, 1.165) is 19.0 Å². The zero-order chi connectivity index (χ0) is 21.6. The van der Waals surface area contributed by atoms with Crippen molar-refractivity contribution in [3.63, 3.8) is 0 Å². The van der Waals surface area contributed by atoms with Crippen LogP contribution in [0.4, 0.5) is 35.3 Å². The summed E-state index contributed by atoms with van der Waals surface area (Å²) in [5.41, 5.74) is -1.41. The van der Waals surface area contributed by atoms with Crippen LogP contribution in [0.3, 0.4) is 0 Å². The minimum Gasteiger partial charge on any atom is -0.431 e. The van der Waals surface area contributed by atoms with Crippen LogP contribution in [0.1, 0.15) is 46.2 Å². The summed E-state index contributed by atoms with van der Waals surface area (Å²) in [5.74, 6) is -0.823. The van der Waals surface area contributed by atoms with Crippen molar-refractivity contribution in [1.82, 2.24) is 19.9 Å². The molecule has 0 saturated carbocycles. The Balaban J connectivity index is 1.77. The van der Waals surface area contributed by atoms with Crippen LogP contribution in [0.25, 0.3) is 0 Å². The first-order chi connectivity index (χ1) is 13.3. The van der Waals surface area contributed by atoms with Crippen LogP contribution in [0.5, 0.6) is 0 Å². The minimum atomic E-state index is -4.63. The normalized spacial score (nSPS) is 19.9. The highest BCUT2D eigenvalue weighted by Gasteiger charge is 2.43. The summed E-state index contributed by atoms with van der Waals surface area (Å²) in [7, 11) is 2.06. The summed E-state index contributed by atoms with van der Waals surface area (Å²) in [5, 5.41) is 5.54. The summed E-state index contributed by atoms with van der Waals surface area (Å²) in [6, 6.07) is -0.483. The molecular weight excluding hydrogens is 392 g/mol. The molecule has 0 radical (unpaired) electrons. The highest BCUT2D eigenvalue weighted by molar-refractivity contribution is 5.47. The molecule has 0 aliphatic carbocycles. The summed E-state index contributed by atoms with van der Waals surface area (Å²) >= 11 is 0. The standard InChI is InChI=1S/C18H24F4N6O/c1-16(2)6-10(7-17(3,4)28(16)5)24-13-11(19)8-23-14(26-13)27-15-25-12(9-29-15)18(20,21)22/h8-10H,6-7H2,1-5H3,(H2,23,24,25,26,27). The Morgan fingerprint density at radius 2 is 1.76 bits per heavy atom. The van der Waals surface area contributed by atoms with Gasteiger partial charge in [0.2, 0.25) is 5.95 Å². The van der Waals surface area contributed by atoms with Crippen LogP contribution in [-0.4, -0.2) is 44.0 Å². The van der Waals surface area contributed by atoms with E-state index >= 15 is 0 Å². The van der Waals surface area contributed by atoms with Crippen LogP contribution in [0.2, 0.25) is 0 Å². The quantitative estimate of drug-likeness (QED) is 0.714. The number of piperidine rings is 1. The second kappa shape index (κ2) is 7.12. The Hall–Kier alpha value is -2.43. The fraction of sp³-hybridized carbons (Fsp3) is 0.611. The molecule has 0 amide bonds. The Kier molecular flexibility index (Phi) is 5.22. The van der Waals surface area contributed by atoms with Crippen LogP contribution in [0.15, 0.2) is 16.9 Å². The lowest BCUT2D eigenvalue weighted by Gasteiger charge is -2.53. The van der Waals surface area contributed by atoms with Crippen molar-refractivity contribution in [2.45, 2.75) is 63.8 Å². The van der Waals surface area contributed by atoms with E-state index in [2.05, 4.69) is 65.2 Å². The van der Waals surface area contributed by atoms with Gasteiger partial charge in [0.15, 0.2) is 17.3 Å². The molecule has 2 aromatic rings. The van der Waals surface area contributed by atoms with Gasteiger partial charge < -0.3 is 9.73 Å². The molecule has 3 heterocycles. The van der Waals surface area contributed by atoms with Crippen molar-refractivity contribution in [2.75, 3.05) is 17.7 Å². The number of nitrogens with zero attached hydrogens (tertiary/aromatic N) is 4. The second-order valence-corrected chi connectivity index (χ2v) is 8.48. The maximum absolute atomic E-state index is 14.3. The van der Waals surface area contributed by atoms with Gasteiger partial charge in [0, 0.05) is 17.1 Å². The fourth-order valence-electron chi connectivity index (χ4n) is 3.75. The van der Waals surface area contributed by atoms with Crippen molar-refractivity contribution in [3.8, 4) is 0 Å². The largest absolute Gasteiger partial charge is 0.436 e. The first kappa shape index (κ1) is 21.3. The van der Waals surface area contributed by atoms with Crippen LogP contribution in [-0.2, 0) is 6.18 Å². The maximum Gasteiger partial charge on any atom is 0.436 e. The molecular formula is C18H24F4N6O. The van der Waals surface area contributed by atoms with E-state index in [4.69, 9.17) is 4.42 Å². The van der Waals surface area contributed by atoms with E-state index in [1.807, 2.05) is 0 Å². The summed E-state index contributed by atoms with van der Waals surface area (Å²) in [4.78, 5) is 13.4. The van der Waals surface area contributed by atoms with Gasteiger partial charge in [-0.25, -0.2) is 9.37 Å². The van der Waals surface area contributed by atoms with Gasteiger partial charge in [-0.3, -0.25) is 10.2 Å². The number of alkyl halides is 3. The van der Waals surface area contributed by atoms with Gasteiger partial charge in [0.25, 0.3) is 0 Å². The fourth-order valence-corrected chi connectivity index (χ4v) is 3.75. The lowest BCUT2D eigenvalue weighted by atomic mass is 9.77. The number of oxazole rings is 1. The Morgan fingerprint density at radius 1 is 1.14 bits per heavy atom. The molecule has 1 aliphatic heterocycles. The zero-order valence-electron chi connectivity index (χ0n) is 16.9. The lowest BCUT2D eigenvalue weighted by Crippen LogP contribution is -2.61. The van der Waals surface area contributed by atoms with Crippen LogP contribution >= 0.6 is 0 Å². The molecule has 11 heteroatoms. The number of aromatic nitrogens is 3. The summed E-state index contributed by atoms with van der Waals surface area (Å²) in [6.07, 6.45) is -1.70. The minimum absolute atomic E-state index is 0.0359. The maximum atomic E-state index is 14.3. The van der Waals surface area contributed by atoms with Gasteiger partial charge in [-0.15, -0.1) is 0 Å². The Morgan fingerprint density at radius 3 is 2.31 bits per heavy atom. The van der Waals surface area contributed by atoms with Gasteiger partial charge in [0.1, 0.15) is 6.26 Å². The second-order valence-electron chi connectivity index (χ2n) is 8.48. The first-order valence-electron chi connectivity index (χ1n) is 9.11. The van der Waals surface area contributed by atoms with Gasteiger partial charge in [-0.2, -0.15) is 23.1 Å². The molecule has 29 heavy (non-hydrogen) atoms. The number of rotatable bonds is 4. The first-order valence-corrected chi connectivity index (χ1v) is 9.11. The predicted molar refractivity (Wildman–Crippen MR) is 99.3 cm³/mol. The highest BCUT2D eigenvalue weighted by Crippen LogP contribution is 2.38. The third-order valence-corrected chi connectivity index (χ3v) is 5.41. The molecule has 1 aliphatic rings. The highest BCUT2D eigenvalue weighted by atomic mass is 19.4. The molecule has 2 aromatic heterocycles. The topological polar surface area (TPSA) is 79.1 Å². The van der Waals surface area contributed by atoms with E-state index in [1.54, 1.807) is 0 Å². The number of nitrogens with one attached hydrogen (secondary N) is 2. The molecule has 0 unspecified atom stereocenters. The molecule has 7 nitrogen and oxygen atoms in total. The van der Waals surface area contributed by atoms with Gasteiger partial charge in [-0.05, 0) is 47.6 Å². The average Bonchev–Trinajstić information content (AvgIpc) is 3.04. The molecule has 0 atom stereocenters. The monoisotopic (exact) mass is 416 g/mol. The van der Waals surface area contributed by atoms with Gasteiger partial charge in [0.05, 0.1) is 6.20 Å². The van der Waals surface area contributed by atoms with E-state index in [-0.39, 0.29) is 28.9 Å². The van der Waals surface area contributed by atoms with Crippen molar-refractivity contribution >= 4 is 17.8 Å². The van der Waals surface area contributed by atoms with Crippen LogP contribution in [0, 0.1) is 5.82 Å².